The van der Waals surface area contributed by atoms with E-state index < -0.39 is 0 Å². The number of nitrogens with one attached hydrogen (secondary N) is 2. The van der Waals surface area contributed by atoms with Crippen molar-refractivity contribution in [2.24, 2.45) is 0 Å². The van der Waals surface area contributed by atoms with Gasteiger partial charge in [-0.05, 0) is 24.1 Å². The number of amides is 1. The fourth-order valence-electron chi connectivity index (χ4n) is 1.35. The summed E-state index contributed by atoms with van der Waals surface area (Å²) in [6, 6.07) is 8.32. The molecule has 0 aliphatic carbocycles. The number of aryl methyl sites for hydroxylation is 1. The van der Waals surface area contributed by atoms with Crippen LogP contribution in [0.25, 0.3) is 0 Å². The van der Waals surface area contributed by atoms with Crippen LogP contribution in [0.2, 0.25) is 0 Å². The standard InChI is InChI=1S/C12H18N2O/c1-3-11-5-4-6-12(9-11)14-8-7-13-10(2)15/h4-6,9,14H,3,7-8H2,1-2H3,(H,13,15). The van der Waals surface area contributed by atoms with Crippen molar-refractivity contribution in [3.63, 3.8) is 0 Å². The third-order valence-corrected chi connectivity index (χ3v) is 2.16. The third-order valence-electron chi connectivity index (χ3n) is 2.16. The maximum Gasteiger partial charge on any atom is 0.216 e. The molecule has 2 N–H and O–H groups in total. The van der Waals surface area contributed by atoms with Gasteiger partial charge in [-0.1, -0.05) is 19.1 Å². The Morgan fingerprint density at radius 2 is 2.13 bits per heavy atom. The van der Waals surface area contributed by atoms with Gasteiger partial charge in [-0.3, -0.25) is 4.79 Å². The normalized spacial score (nSPS) is 9.73. The first-order chi connectivity index (χ1) is 7.22. The van der Waals surface area contributed by atoms with E-state index >= 15 is 0 Å². The highest BCUT2D eigenvalue weighted by Crippen LogP contribution is 2.10. The van der Waals surface area contributed by atoms with Gasteiger partial charge >= 0.3 is 0 Å². The zero-order valence-electron chi connectivity index (χ0n) is 9.34. The van der Waals surface area contributed by atoms with Gasteiger partial charge in [-0.25, -0.2) is 0 Å². The SMILES string of the molecule is CCc1cccc(NCCNC(C)=O)c1. The zero-order chi connectivity index (χ0) is 11.1. The molecule has 1 amide bonds. The molecule has 0 heterocycles. The predicted octanol–water partition coefficient (Wildman–Crippen LogP) is 1.80. The van der Waals surface area contributed by atoms with Gasteiger partial charge in [0, 0.05) is 25.7 Å². The van der Waals surface area contributed by atoms with Crippen molar-refractivity contribution in [1.29, 1.82) is 0 Å². The Labute approximate surface area is 90.9 Å². The zero-order valence-corrected chi connectivity index (χ0v) is 9.34. The topological polar surface area (TPSA) is 41.1 Å². The first kappa shape index (κ1) is 11.6. The number of carbonyl (C=O) groups is 1. The van der Waals surface area contributed by atoms with E-state index in [0.717, 1.165) is 18.7 Å². The Hall–Kier alpha value is -1.51. The van der Waals surface area contributed by atoms with E-state index in [-0.39, 0.29) is 5.91 Å². The second kappa shape index (κ2) is 6.06. The minimum Gasteiger partial charge on any atom is -0.383 e. The van der Waals surface area contributed by atoms with Crippen LogP contribution in [0.5, 0.6) is 0 Å². The number of carbonyl (C=O) groups excluding carboxylic acids is 1. The lowest BCUT2D eigenvalue weighted by molar-refractivity contribution is -0.118. The van der Waals surface area contributed by atoms with Crippen molar-refractivity contribution in [3.05, 3.63) is 29.8 Å². The largest absolute Gasteiger partial charge is 0.383 e. The number of benzene rings is 1. The number of hydrogen-bond donors (Lipinski definition) is 2. The summed E-state index contributed by atoms with van der Waals surface area (Å²) in [4.78, 5) is 10.6. The summed E-state index contributed by atoms with van der Waals surface area (Å²) in [5.74, 6) is 0.0131. The lowest BCUT2D eigenvalue weighted by Crippen LogP contribution is -2.26. The minimum absolute atomic E-state index is 0.0131. The van der Waals surface area contributed by atoms with Crippen LogP contribution in [0.1, 0.15) is 19.4 Å². The van der Waals surface area contributed by atoms with E-state index in [1.54, 1.807) is 0 Å². The fourth-order valence-corrected chi connectivity index (χ4v) is 1.35. The molecule has 0 saturated carbocycles. The maximum atomic E-state index is 10.6. The molecule has 3 nitrogen and oxygen atoms in total. The molecular weight excluding hydrogens is 188 g/mol. The smallest absolute Gasteiger partial charge is 0.216 e. The Morgan fingerprint density at radius 3 is 2.80 bits per heavy atom. The van der Waals surface area contributed by atoms with Gasteiger partial charge in [0.05, 0.1) is 0 Å². The molecule has 15 heavy (non-hydrogen) atoms. The van der Waals surface area contributed by atoms with Crippen LogP contribution in [-0.2, 0) is 11.2 Å². The minimum atomic E-state index is 0.0131. The van der Waals surface area contributed by atoms with Crippen LogP contribution in [0.15, 0.2) is 24.3 Å². The molecule has 1 aromatic carbocycles. The van der Waals surface area contributed by atoms with Crippen molar-refractivity contribution >= 4 is 11.6 Å². The van der Waals surface area contributed by atoms with Crippen molar-refractivity contribution in [3.8, 4) is 0 Å². The first-order valence-corrected chi connectivity index (χ1v) is 5.29. The van der Waals surface area contributed by atoms with Crippen molar-refractivity contribution in [1.82, 2.24) is 5.32 Å². The Bertz CT molecular complexity index is 323. The molecule has 1 aromatic rings. The van der Waals surface area contributed by atoms with Gasteiger partial charge in [0.25, 0.3) is 0 Å². The number of rotatable bonds is 5. The number of anilines is 1. The van der Waals surface area contributed by atoms with Crippen LogP contribution in [0.4, 0.5) is 5.69 Å². The molecule has 0 spiro atoms. The van der Waals surface area contributed by atoms with E-state index in [1.807, 2.05) is 12.1 Å². The van der Waals surface area contributed by atoms with Crippen LogP contribution in [0.3, 0.4) is 0 Å². The second-order valence-electron chi connectivity index (χ2n) is 3.46. The highest BCUT2D eigenvalue weighted by molar-refractivity contribution is 5.72. The van der Waals surface area contributed by atoms with E-state index in [9.17, 15) is 4.79 Å². The molecule has 0 aliphatic heterocycles. The average molecular weight is 206 g/mol. The Morgan fingerprint density at radius 1 is 1.33 bits per heavy atom. The molecule has 0 aromatic heterocycles. The van der Waals surface area contributed by atoms with Gasteiger partial charge in [0.2, 0.25) is 5.91 Å². The molecule has 0 saturated heterocycles. The molecule has 0 unspecified atom stereocenters. The highest BCUT2D eigenvalue weighted by Gasteiger charge is 1.94. The van der Waals surface area contributed by atoms with Gasteiger partial charge < -0.3 is 10.6 Å². The van der Waals surface area contributed by atoms with Crippen LogP contribution < -0.4 is 10.6 Å². The summed E-state index contributed by atoms with van der Waals surface area (Å²) in [6.45, 7) is 5.08. The first-order valence-electron chi connectivity index (χ1n) is 5.29. The number of hydrogen-bond acceptors (Lipinski definition) is 2. The van der Waals surface area contributed by atoms with E-state index in [4.69, 9.17) is 0 Å². The summed E-state index contributed by atoms with van der Waals surface area (Å²) < 4.78 is 0. The maximum absolute atomic E-state index is 10.6. The molecule has 3 heteroatoms. The predicted molar refractivity (Wildman–Crippen MR) is 63.0 cm³/mol. The summed E-state index contributed by atoms with van der Waals surface area (Å²) in [7, 11) is 0. The lowest BCUT2D eigenvalue weighted by atomic mass is 10.1. The molecular formula is C12H18N2O. The third kappa shape index (κ3) is 4.49. The van der Waals surface area contributed by atoms with E-state index in [2.05, 4.69) is 29.7 Å². The van der Waals surface area contributed by atoms with Crippen LogP contribution in [0, 0.1) is 0 Å². The summed E-state index contributed by atoms with van der Waals surface area (Å²) in [5.41, 5.74) is 2.43. The van der Waals surface area contributed by atoms with Crippen molar-refractivity contribution < 1.29 is 4.79 Å². The molecule has 82 valence electrons. The molecule has 1 rings (SSSR count). The Kier molecular flexibility index (Phi) is 4.68. The van der Waals surface area contributed by atoms with Gasteiger partial charge in [0.1, 0.15) is 0 Å². The molecule has 0 fully saturated rings. The van der Waals surface area contributed by atoms with Gasteiger partial charge in [-0.15, -0.1) is 0 Å². The average Bonchev–Trinajstić information content (AvgIpc) is 2.24. The van der Waals surface area contributed by atoms with Crippen molar-refractivity contribution in [2.45, 2.75) is 20.3 Å². The van der Waals surface area contributed by atoms with Crippen LogP contribution in [-0.4, -0.2) is 19.0 Å². The van der Waals surface area contributed by atoms with E-state index in [0.29, 0.717) is 6.54 Å². The second-order valence-corrected chi connectivity index (χ2v) is 3.46. The van der Waals surface area contributed by atoms with Crippen molar-refractivity contribution in [2.75, 3.05) is 18.4 Å². The van der Waals surface area contributed by atoms with Gasteiger partial charge in [0.15, 0.2) is 0 Å². The van der Waals surface area contributed by atoms with Gasteiger partial charge in [-0.2, -0.15) is 0 Å². The molecule has 0 bridgehead atoms. The Balaban J connectivity index is 2.33. The summed E-state index contributed by atoms with van der Waals surface area (Å²) in [6.07, 6.45) is 1.04. The quantitative estimate of drug-likeness (QED) is 0.721. The molecule has 0 aliphatic rings. The van der Waals surface area contributed by atoms with Crippen LogP contribution >= 0.6 is 0 Å². The fraction of sp³-hybridized carbons (Fsp3) is 0.417. The lowest BCUT2D eigenvalue weighted by Gasteiger charge is -2.07. The summed E-state index contributed by atoms with van der Waals surface area (Å²) in [5, 5.41) is 6.00. The highest BCUT2D eigenvalue weighted by atomic mass is 16.1. The molecule has 0 radical (unpaired) electrons. The monoisotopic (exact) mass is 206 g/mol. The molecule has 0 atom stereocenters. The summed E-state index contributed by atoms with van der Waals surface area (Å²) >= 11 is 0. The van der Waals surface area contributed by atoms with E-state index in [1.165, 1.54) is 12.5 Å².